The van der Waals surface area contributed by atoms with Gasteiger partial charge in [-0.3, -0.25) is 0 Å². The standard InChI is InChI=1S/C8H8NS2/c10-5-9-6-11-8-4-2-1-3-7(8)9/h1-4H,5-6H2. The van der Waals surface area contributed by atoms with Crippen molar-refractivity contribution in [2.24, 2.45) is 0 Å². The monoisotopic (exact) mass is 182 g/mol. The van der Waals surface area contributed by atoms with Gasteiger partial charge in [-0.2, -0.15) is 0 Å². The van der Waals surface area contributed by atoms with Gasteiger partial charge in [-0.1, -0.05) is 24.8 Å². The maximum Gasteiger partial charge on any atom is 0.0751 e. The van der Waals surface area contributed by atoms with Crippen LogP contribution in [0.5, 0.6) is 0 Å². The maximum absolute atomic E-state index is 5.00. The predicted molar refractivity (Wildman–Crippen MR) is 52.1 cm³/mol. The SMILES string of the molecule is [S]CN1CSc2ccccc21. The first-order valence-corrected chi connectivity index (χ1v) is 5.03. The van der Waals surface area contributed by atoms with Gasteiger partial charge in [0.15, 0.2) is 0 Å². The average Bonchev–Trinajstić information content (AvgIpc) is 2.47. The van der Waals surface area contributed by atoms with E-state index in [-0.39, 0.29) is 0 Å². The molecule has 0 atom stereocenters. The minimum atomic E-state index is 0.698. The minimum Gasteiger partial charge on any atom is -0.351 e. The van der Waals surface area contributed by atoms with Crippen molar-refractivity contribution in [1.82, 2.24) is 0 Å². The van der Waals surface area contributed by atoms with Crippen LogP contribution in [-0.2, 0) is 0 Å². The number of thioether (sulfide) groups is 1. The summed E-state index contributed by atoms with van der Waals surface area (Å²) in [6.45, 7) is 0. The van der Waals surface area contributed by atoms with E-state index in [2.05, 4.69) is 29.2 Å². The van der Waals surface area contributed by atoms with Crippen molar-refractivity contribution in [3.8, 4) is 0 Å². The molecule has 1 aromatic carbocycles. The lowest BCUT2D eigenvalue weighted by atomic mass is 10.3. The topological polar surface area (TPSA) is 3.24 Å². The van der Waals surface area contributed by atoms with Gasteiger partial charge in [0.05, 0.1) is 17.4 Å². The van der Waals surface area contributed by atoms with Gasteiger partial charge < -0.3 is 4.90 Å². The summed E-state index contributed by atoms with van der Waals surface area (Å²) in [5.74, 6) is 1.72. The van der Waals surface area contributed by atoms with Crippen molar-refractivity contribution in [3.05, 3.63) is 24.3 Å². The number of anilines is 1. The molecule has 0 aromatic heterocycles. The number of fused-ring (bicyclic) bond motifs is 1. The van der Waals surface area contributed by atoms with Gasteiger partial charge in [-0.15, -0.1) is 11.8 Å². The van der Waals surface area contributed by atoms with Crippen LogP contribution in [0.2, 0.25) is 0 Å². The third-order valence-corrected chi connectivity index (χ3v) is 3.15. The zero-order valence-electron chi connectivity index (χ0n) is 5.99. The Morgan fingerprint density at radius 1 is 1.45 bits per heavy atom. The second-order valence-corrected chi connectivity index (χ2v) is 3.65. The van der Waals surface area contributed by atoms with Crippen LogP contribution < -0.4 is 4.90 Å². The summed E-state index contributed by atoms with van der Waals surface area (Å²) in [7, 11) is 0. The number of hydrogen-bond donors (Lipinski definition) is 0. The van der Waals surface area contributed by atoms with E-state index in [1.807, 2.05) is 11.8 Å². The lowest BCUT2D eigenvalue weighted by molar-refractivity contribution is 1.07. The highest BCUT2D eigenvalue weighted by Crippen LogP contribution is 2.37. The summed E-state index contributed by atoms with van der Waals surface area (Å²) in [6.07, 6.45) is 0. The largest absolute Gasteiger partial charge is 0.351 e. The summed E-state index contributed by atoms with van der Waals surface area (Å²) >= 11 is 6.86. The third kappa shape index (κ3) is 1.23. The highest BCUT2D eigenvalue weighted by atomic mass is 32.2. The second-order valence-electron chi connectivity index (χ2n) is 2.41. The van der Waals surface area contributed by atoms with Crippen molar-refractivity contribution in [3.63, 3.8) is 0 Å². The molecule has 57 valence electrons. The first-order valence-electron chi connectivity index (χ1n) is 3.46. The fourth-order valence-electron chi connectivity index (χ4n) is 1.16. The van der Waals surface area contributed by atoms with Gasteiger partial charge in [0.2, 0.25) is 0 Å². The summed E-state index contributed by atoms with van der Waals surface area (Å²) < 4.78 is 0. The van der Waals surface area contributed by atoms with Gasteiger partial charge in [-0.25, -0.2) is 0 Å². The molecule has 0 unspecified atom stereocenters. The Labute approximate surface area is 76.2 Å². The van der Waals surface area contributed by atoms with Crippen molar-refractivity contribution < 1.29 is 0 Å². The van der Waals surface area contributed by atoms with Crippen LogP contribution in [0.25, 0.3) is 0 Å². The summed E-state index contributed by atoms with van der Waals surface area (Å²) in [5, 5.41) is 0. The molecule has 0 bridgehead atoms. The molecule has 0 spiro atoms. The van der Waals surface area contributed by atoms with Gasteiger partial charge in [0, 0.05) is 4.90 Å². The van der Waals surface area contributed by atoms with E-state index < -0.39 is 0 Å². The molecular weight excluding hydrogens is 174 g/mol. The van der Waals surface area contributed by atoms with Crippen LogP contribution in [0.4, 0.5) is 5.69 Å². The number of nitrogens with zero attached hydrogens (tertiary/aromatic N) is 1. The molecular formula is C8H8NS2. The Bertz CT molecular complexity index is 262. The van der Waals surface area contributed by atoms with Crippen LogP contribution in [-0.4, -0.2) is 11.8 Å². The molecule has 1 nitrogen and oxygen atoms in total. The van der Waals surface area contributed by atoms with E-state index in [9.17, 15) is 0 Å². The first-order chi connectivity index (χ1) is 5.42. The molecule has 1 aliphatic heterocycles. The Kier molecular flexibility index (Phi) is 2.00. The van der Waals surface area contributed by atoms with Gasteiger partial charge in [0.25, 0.3) is 0 Å². The molecule has 0 amide bonds. The summed E-state index contributed by atoms with van der Waals surface area (Å²) in [4.78, 5) is 3.56. The van der Waals surface area contributed by atoms with E-state index in [1.165, 1.54) is 10.6 Å². The summed E-state index contributed by atoms with van der Waals surface area (Å²) in [5.41, 5.74) is 1.30. The summed E-state index contributed by atoms with van der Waals surface area (Å²) in [6, 6.07) is 8.40. The van der Waals surface area contributed by atoms with Crippen LogP contribution in [0, 0.1) is 0 Å². The van der Waals surface area contributed by atoms with E-state index >= 15 is 0 Å². The zero-order chi connectivity index (χ0) is 7.68. The fraction of sp³-hybridized carbons (Fsp3) is 0.250. The second kappa shape index (κ2) is 2.99. The number of para-hydroxylation sites is 1. The minimum absolute atomic E-state index is 0.698. The van der Waals surface area contributed by atoms with Gasteiger partial charge in [0.1, 0.15) is 0 Å². The average molecular weight is 182 g/mol. The Morgan fingerprint density at radius 3 is 3.09 bits per heavy atom. The third-order valence-electron chi connectivity index (χ3n) is 1.74. The number of rotatable bonds is 1. The molecule has 0 saturated carbocycles. The predicted octanol–water partition coefficient (Wildman–Crippen LogP) is 2.71. The quantitative estimate of drug-likeness (QED) is 0.657. The molecule has 2 rings (SSSR count). The molecule has 1 radical (unpaired) electrons. The highest BCUT2D eigenvalue weighted by molar-refractivity contribution is 8.00. The maximum atomic E-state index is 5.00. The molecule has 11 heavy (non-hydrogen) atoms. The van der Waals surface area contributed by atoms with Crippen molar-refractivity contribution in [2.45, 2.75) is 4.90 Å². The van der Waals surface area contributed by atoms with Crippen LogP contribution in [0.15, 0.2) is 29.2 Å². The molecule has 1 aliphatic rings. The first kappa shape index (κ1) is 7.37. The smallest absolute Gasteiger partial charge is 0.0751 e. The van der Waals surface area contributed by atoms with Crippen molar-refractivity contribution in [2.75, 3.05) is 16.7 Å². The lowest BCUT2D eigenvalue weighted by Crippen LogP contribution is -2.15. The lowest BCUT2D eigenvalue weighted by Gasteiger charge is -2.13. The molecule has 0 saturated heterocycles. The molecule has 0 N–H and O–H groups in total. The Hall–Kier alpha value is -0.280. The number of hydrogen-bond acceptors (Lipinski definition) is 2. The number of benzene rings is 1. The molecule has 0 aliphatic carbocycles. The van der Waals surface area contributed by atoms with E-state index in [4.69, 9.17) is 12.6 Å². The zero-order valence-corrected chi connectivity index (χ0v) is 7.62. The van der Waals surface area contributed by atoms with E-state index in [0.717, 1.165) is 5.88 Å². The highest BCUT2D eigenvalue weighted by Gasteiger charge is 2.16. The molecule has 0 fully saturated rings. The van der Waals surface area contributed by atoms with Crippen LogP contribution in [0.3, 0.4) is 0 Å². The van der Waals surface area contributed by atoms with Crippen LogP contribution in [0.1, 0.15) is 0 Å². The van der Waals surface area contributed by atoms with E-state index in [0.29, 0.717) is 5.88 Å². The normalized spacial score (nSPS) is 15.2. The van der Waals surface area contributed by atoms with Crippen molar-refractivity contribution >= 4 is 30.1 Å². The van der Waals surface area contributed by atoms with Crippen molar-refractivity contribution in [1.29, 1.82) is 0 Å². The van der Waals surface area contributed by atoms with Crippen LogP contribution >= 0.6 is 24.4 Å². The molecule has 1 heterocycles. The fourth-order valence-corrected chi connectivity index (χ4v) is 2.56. The van der Waals surface area contributed by atoms with E-state index in [1.54, 1.807) is 0 Å². The molecule has 1 aromatic rings. The molecule has 3 heteroatoms. The van der Waals surface area contributed by atoms with Gasteiger partial charge >= 0.3 is 0 Å². The Balaban J connectivity index is 2.39. The Morgan fingerprint density at radius 2 is 2.27 bits per heavy atom. The van der Waals surface area contributed by atoms with Gasteiger partial charge in [-0.05, 0) is 12.1 Å².